The molecule has 2 aromatic carbocycles. The molecule has 8 heteroatoms. The van der Waals surface area contributed by atoms with Crippen molar-refractivity contribution in [3.8, 4) is 5.75 Å². The predicted octanol–water partition coefficient (Wildman–Crippen LogP) is 3.12. The van der Waals surface area contributed by atoms with Crippen molar-refractivity contribution in [1.29, 1.82) is 0 Å². The van der Waals surface area contributed by atoms with Crippen LogP contribution in [0.1, 0.15) is 24.2 Å². The highest BCUT2D eigenvalue weighted by Gasteiger charge is 2.24. The molecule has 0 unspecified atom stereocenters. The zero-order valence-corrected chi connectivity index (χ0v) is 15.6. The second-order valence-electron chi connectivity index (χ2n) is 5.42. The van der Waals surface area contributed by atoms with E-state index in [2.05, 4.69) is 5.32 Å². The second kappa shape index (κ2) is 8.29. The maximum absolute atomic E-state index is 14.1. The largest absolute Gasteiger partial charge is 0.497 e. The summed E-state index contributed by atoms with van der Waals surface area (Å²) in [6.45, 7) is 3.98. The van der Waals surface area contributed by atoms with E-state index in [-0.39, 0.29) is 23.5 Å². The van der Waals surface area contributed by atoms with Gasteiger partial charge < -0.3 is 10.1 Å². The lowest BCUT2D eigenvalue weighted by Gasteiger charge is -2.19. The molecule has 1 amide bonds. The Bertz CT molecular complexity index is 896. The average Bonchev–Trinajstić information content (AvgIpc) is 2.62. The van der Waals surface area contributed by atoms with Crippen LogP contribution in [0, 0.1) is 5.82 Å². The molecule has 0 saturated heterocycles. The molecule has 0 aliphatic heterocycles. The van der Waals surface area contributed by atoms with Gasteiger partial charge in [0.05, 0.1) is 17.6 Å². The molecule has 0 spiro atoms. The van der Waals surface area contributed by atoms with E-state index in [1.807, 2.05) is 0 Å². The van der Waals surface area contributed by atoms with Crippen LogP contribution < -0.4 is 10.1 Å². The number of amides is 1. The number of hydrogen-bond acceptors (Lipinski definition) is 4. The number of hydrogen-bond donors (Lipinski definition) is 1. The number of anilines is 1. The first kappa shape index (κ1) is 19.9. The van der Waals surface area contributed by atoms with E-state index in [1.54, 1.807) is 38.1 Å². The van der Waals surface area contributed by atoms with Gasteiger partial charge in [-0.25, -0.2) is 12.8 Å². The first-order valence-corrected chi connectivity index (χ1v) is 9.52. The van der Waals surface area contributed by atoms with Crippen LogP contribution in [0.5, 0.6) is 5.75 Å². The summed E-state index contributed by atoms with van der Waals surface area (Å²) in [5.74, 6) is -1.02. The highest BCUT2D eigenvalue weighted by atomic mass is 32.2. The molecular weight excluding hydrogens is 359 g/mol. The minimum atomic E-state index is -3.79. The molecule has 0 aliphatic carbocycles. The lowest BCUT2D eigenvalue weighted by atomic mass is 10.2. The van der Waals surface area contributed by atoms with E-state index in [0.29, 0.717) is 11.4 Å². The maximum atomic E-state index is 14.1. The maximum Gasteiger partial charge on any atom is 0.258 e. The summed E-state index contributed by atoms with van der Waals surface area (Å²) in [7, 11) is -2.30. The topological polar surface area (TPSA) is 75.7 Å². The Morgan fingerprint density at radius 1 is 1.15 bits per heavy atom. The van der Waals surface area contributed by atoms with Gasteiger partial charge >= 0.3 is 0 Å². The number of carbonyl (C=O) groups is 1. The molecule has 2 rings (SSSR count). The Kier molecular flexibility index (Phi) is 6.33. The molecule has 6 nitrogen and oxygen atoms in total. The Labute approximate surface area is 152 Å². The van der Waals surface area contributed by atoms with Gasteiger partial charge in [0.15, 0.2) is 0 Å². The number of nitrogens with one attached hydrogen (secondary N) is 1. The molecule has 0 radical (unpaired) electrons. The molecule has 0 aromatic heterocycles. The summed E-state index contributed by atoms with van der Waals surface area (Å²) in [4.78, 5) is 12.3. The van der Waals surface area contributed by atoms with Crippen LogP contribution in [0.3, 0.4) is 0 Å². The fourth-order valence-corrected chi connectivity index (χ4v) is 3.94. The van der Waals surface area contributed by atoms with E-state index in [4.69, 9.17) is 4.74 Å². The van der Waals surface area contributed by atoms with Crippen LogP contribution >= 0.6 is 0 Å². The molecule has 1 N–H and O–H groups in total. The monoisotopic (exact) mass is 380 g/mol. The number of methoxy groups -OCH3 is 1. The van der Waals surface area contributed by atoms with E-state index in [1.165, 1.54) is 11.4 Å². The van der Waals surface area contributed by atoms with Crippen LogP contribution in [0.25, 0.3) is 0 Å². The average molecular weight is 380 g/mol. The number of carbonyl (C=O) groups excluding carboxylic acids is 1. The van der Waals surface area contributed by atoms with Crippen molar-refractivity contribution in [2.75, 3.05) is 25.5 Å². The number of halogens is 1. The fourth-order valence-electron chi connectivity index (χ4n) is 2.45. The molecule has 140 valence electrons. The van der Waals surface area contributed by atoms with E-state index in [9.17, 15) is 17.6 Å². The number of ether oxygens (including phenoxy) is 1. The van der Waals surface area contributed by atoms with E-state index in [0.717, 1.165) is 18.2 Å². The van der Waals surface area contributed by atoms with Crippen molar-refractivity contribution in [2.24, 2.45) is 0 Å². The van der Waals surface area contributed by atoms with Gasteiger partial charge in [-0.1, -0.05) is 19.9 Å². The number of rotatable bonds is 7. The third-order valence-corrected chi connectivity index (χ3v) is 5.90. The Morgan fingerprint density at radius 2 is 1.85 bits per heavy atom. The highest BCUT2D eigenvalue weighted by molar-refractivity contribution is 7.89. The van der Waals surface area contributed by atoms with E-state index >= 15 is 0 Å². The van der Waals surface area contributed by atoms with Gasteiger partial charge in [-0.05, 0) is 30.3 Å². The number of benzene rings is 2. The molecule has 0 heterocycles. The smallest absolute Gasteiger partial charge is 0.258 e. The van der Waals surface area contributed by atoms with Crippen LogP contribution in [0.2, 0.25) is 0 Å². The third-order valence-electron chi connectivity index (χ3n) is 3.85. The van der Waals surface area contributed by atoms with Crippen molar-refractivity contribution in [2.45, 2.75) is 18.7 Å². The predicted molar refractivity (Wildman–Crippen MR) is 97.5 cm³/mol. The molecule has 26 heavy (non-hydrogen) atoms. The van der Waals surface area contributed by atoms with Gasteiger partial charge in [0.25, 0.3) is 5.91 Å². The summed E-state index contributed by atoms with van der Waals surface area (Å²) in [6.07, 6.45) is 0. The van der Waals surface area contributed by atoms with Crippen LogP contribution in [-0.4, -0.2) is 38.8 Å². The SMILES string of the molecule is CCN(CC)S(=O)(=O)c1ccc(F)c(C(=O)Nc2cccc(OC)c2)c1. The van der Waals surface area contributed by atoms with Gasteiger partial charge in [-0.15, -0.1) is 0 Å². The molecule has 0 fully saturated rings. The van der Waals surface area contributed by atoms with Gasteiger partial charge in [-0.3, -0.25) is 4.79 Å². The van der Waals surface area contributed by atoms with Gasteiger partial charge in [-0.2, -0.15) is 4.31 Å². The Hall–Kier alpha value is -2.45. The standard InChI is InChI=1S/C18H21FN2O4S/c1-4-21(5-2)26(23,24)15-9-10-17(19)16(12-15)18(22)20-13-7-6-8-14(11-13)25-3/h6-12H,4-5H2,1-3H3,(H,20,22). The van der Waals surface area contributed by atoms with Crippen molar-refractivity contribution in [3.05, 3.63) is 53.8 Å². The van der Waals surface area contributed by atoms with Crippen LogP contribution in [0.15, 0.2) is 47.4 Å². The third kappa shape index (κ3) is 4.20. The first-order chi connectivity index (χ1) is 12.3. The Balaban J connectivity index is 2.36. The van der Waals surface area contributed by atoms with Gasteiger partial charge in [0.2, 0.25) is 10.0 Å². The molecular formula is C18H21FN2O4S. The van der Waals surface area contributed by atoms with Gasteiger partial charge in [0, 0.05) is 24.8 Å². The fraction of sp³-hybridized carbons (Fsp3) is 0.278. The molecule has 0 aliphatic rings. The van der Waals surface area contributed by atoms with Crippen LogP contribution in [0.4, 0.5) is 10.1 Å². The summed E-state index contributed by atoms with van der Waals surface area (Å²) < 4.78 is 45.6. The number of nitrogens with zero attached hydrogens (tertiary/aromatic N) is 1. The lowest BCUT2D eigenvalue weighted by Crippen LogP contribution is -2.31. The van der Waals surface area contributed by atoms with Gasteiger partial charge in [0.1, 0.15) is 11.6 Å². The minimum Gasteiger partial charge on any atom is -0.497 e. The zero-order valence-electron chi connectivity index (χ0n) is 14.8. The number of sulfonamides is 1. The summed E-state index contributed by atoms with van der Waals surface area (Å²) >= 11 is 0. The van der Waals surface area contributed by atoms with Crippen molar-refractivity contribution < 1.29 is 22.3 Å². The Morgan fingerprint density at radius 3 is 2.46 bits per heavy atom. The minimum absolute atomic E-state index is 0.126. The lowest BCUT2D eigenvalue weighted by molar-refractivity contribution is 0.102. The normalized spacial score (nSPS) is 11.4. The molecule has 2 aromatic rings. The van der Waals surface area contributed by atoms with Crippen LogP contribution in [-0.2, 0) is 10.0 Å². The second-order valence-corrected chi connectivity index (χ2v) is 7.35. The van der Waals surface area contributed by atoms with Crippen molar-refractivity contribution in [3.63, 3.8) is 0 Å². The molecule has 0 bridgehead atoms. The summed E-state index contributed by atoms with van der Waals surface area (Å²) in [6, 6.07) is 9.77. The quantitative estimate of drug-likeness (QED) is 0.801. The molecule has 0 atom stereocenters. The van der Waals surface area contributed by atoms with E-state index < -0.39 is 21.7 Å². The summed E-state index contributed by atoms with van der Waals surface area (Å²) in [5.41, 5.74) is 0.0619. The summed E-state index contributed by atoms with van der Waals surface area (Å²) in [5, 5.41) is 2.54. The highest BCUT2D eigenvalue weighted by Crippen LogP contribution is 2.21. The van der Waals surface area contributed by atoms with Crippen molar-refractivity contribution >= 4 is 21.6 Å². The van der Waals surface area contributed by atoms with Crippen molar-refractivity contribution in [1.82, 2.24) is 4.31 Å². The zero-order chi connectivity index (χ0) is 19.3. The molecule has 0 saturated carbocycles. The first-order valence-electron chi connectivity index (χ1n) is 8.08.